The third-order valence-electron chi connectivity index (χ3n) is 6.50. The van der Waals surface area contributed by atoms with E-state index in [-0.39, 0.29) is 11.9 Å². The zero-order chi connectivity index (χ0) is 24.0. The van der Waals surface area contributed by atoms with Crippen molar-refractivity contribution < 1.29 is 13.9 Å². The van der Waals surface area contributed by atoms with Crippen molar-refractivity contribution in [3.05, 3.63) is 96.2 Å². The molecule has 1 atom stereocenters. The smallest absolute Gasteiger partial charge is 0.252 e. The van der Waals surface area contributed by atoms with Crippen molar-refractivity contribution in [2.45, 2.75) is 18.9 Å². The van der Waals surface area contributed by atoms with Gasteiger partial charge in [-0.05, 0) is 44.1 Å². The molecule has 6 heteroatoms. The summed E-state index contributed by atoms with van der Waals surface area (Å²) < 4.78 is 11.7. The monoisotopic (exact) mass is 467 g/mol. The number of carbonyl (C=O) groups is 1. The maximum Gasteiger partial charge on any atom is 0.252 e. The Morgan fingerprint density at radius 2 is 1.71 bits per heavy atom. The Bertz CT molecular complexity index is 1280. The van der Waals surface area contributed by atoms with E-state index in [1.807, 2.05) is 72.8 Å². The van der Waals surface area contributed by atoms with Gasteiger partial charge in [0.15, 0.2) is 5.76 Å². The van der Waals surface area contributed by atoms with Crippen LogP contribution in [-0.4, -0.2) is 42.5 Å². The van der Waals surface area contributed by atoms with Gasteiger partial charge in [-0.25, -0.2) is 4.98 Å². The number of rotatable bonds is 8. The maximum atomic E-state index is 13.4. The predicted octanol–water partition coefficient (Wildman–Crippen LogP) is 5.58. The first-order chi connectivity index (χ1) is 17.2. The first kappa shape index (κ1) is 22.9. The number of nitrogens with zero attached hydrogens (tertiary/aromatic N) is 2. The van der Waals surface area contributed by atoms with Crippen molar-refractivity contribution in [3.8, 4) is 28.5 Å². The molecule has 1 aliphatic rings. The van der Waals surface area contributed by atoms with E-state index in [0.29, 0.717) is 29.3 Å². The molecular weight excluding hydrogens is 438 g/mol. The molecule has 35 heavy (non-hydrogen) atoms. The lowest BCUT2D eigenvalue weighted by Gasteiger charge is -2.29. The van der Waals surface area contributed by atoms with E-state index in [1.165, 1.54) is 0 Å². The van der Waals surface area contributed by atoms with Gasteiger partial charge in [-0.1, -0.05) is 60.7 Å². The molecule has 4 aromatic rings. The lowest BCUT2D eigenvalue weighted by molar-refractivity contribution is 0.0937. The van der Waals surface area contributed by atoms with Gasteiger partial charge in [0.2, 0.25) is 5.89 Å². The van der Waals surface area contributed by atoms with Crippen LogP contribution in [0.4, 0.5) is 0 Å². The van der Waals surface area contributed by atoms with Gasteiger partial charge >= 0.3 is 0 Å². The molecule has 0 bridgehead atoms. The summed E-state index contributed by atoms with van der Waals surface area (Å²) in [7, 11) is 1.69. The molecule has 1 aromatic heterocycles. The summed E-state index contributed by atoms with van der Waals surface area (Å²) in [6, 6.07) is 25.3. The Morgan fingerprint density at radius 3 is 2.51 bits per heavy atom. The van der Waals surface area contributed by atoms with Crippen molar-refractivity contribution in [1.29, 1.82) is 0 Å². The minimum atomic E-state index is -0.154. The van der Waals surface area contributed by atoms with Crippen molar-refractivity contribution >= 4 is 5.91 Å². The topological polar surface area (TPSA) is 67.6 Å². The van der Waals surface area contributed by atoms with Crippen LogP contribution in [0.3, 0.4) is 0 Å². The Kier molecular flexibility index (Phi) is 6.91. The Hall–Kier alpha value is -3.90. The SMILES string of the molecule is COc1ccccc1[C@@H](CNC(=O)c1ccccc1-c1ncc(-c2ccccc2)o1)N1CCCC1. The van der Waals surface area contributed by atoms with Crippen molar-refractivity contribution in [3.63, 3.8) is 0 Å². The van der Waals surface area contributed by atoms with Crippen molar-refractivity contribution in [2.75, 3.05) is 26.7 Å². The standard InChI is InChI=1S/C29H29N3O3/c1-34-26-16-8-7-15-24(26)25(32-17-9-10-18-32)19-30-28(33)22-13-5-6-14-23(22)29-31-20-27(35-29)21-11-3-2-4-12-21/h2-8,11-16,20,25H,9-10,17-19H2,1H3,(H,30,33)/t25-/m1/s1. The highest BCUT2D eigenvalue weighted by atomic mass is 16.5. The molecule has 1 amide bonds. The van der Waals surface area contributed by atoms with E-state index in [9.17, 15) is 4.79 Å². The van der Waals surface area contributed by atoms with Crippen LogP contribution in [0.25, 0.3) is 22.8 Å². The number of ether oxygens (including phenoxy) is 1. The van der Waals surface area contributed by atoms with E-state index in [1.54, 1.807) is 13.3 Å². The van der Waals surface area contributed by atoms with Gasteiger partial charge in [-0.3, -0.25) is 9.69 Å². The first-order valence-corrected chi connectivity index (χ1v) is 12.0. The fourth-order valence-corrected chi connectivity index (χ4v) is 4.72. The van der Waals surface area contributed by atoms with Crippen LogP contribution < -0.4 is 10.1 Å². The van der Waals surface area contributed by atoms with Gasteiger partial charge in [0.05, 0.1) is 24.9 Å². The van der Waals surface area contributed by atoms with Gasteiger partial charge in [-0.2, -0.15) is 0 Å². The second-order valence-corrected chi connectivity index (χ2v) is 8.65. The molecule has 2 heterocycles. The van der Waals surface area contributed by atoms with E-state index in [4.69, 9.17) is 9.15 Å². The van der Waals surface area contributed by atoms with E-state index >= 15 is 0 Å². The zero-order valence-electron chi connectivity index (χ0n) is 19.8. The molecule has 1 aliphatic heterocycles. The minimum Gasteiger partial charge on any atom is -0.496 e. The number of oxazole rings is 1. The Balaban J connectivity index is 1.38. The van der Waals surface area contributed by atoms with Gasteiger partial charge in [0.25, 0.3) is 5.91 Å². The number of benzene rings is 3. The second-order valence-electron chi connectivity index (χ2n) is 8.65. The summed E-state index contributed by atoms with van der Waals surface area (Å²) in [5.41, 5.74) is 3.24. The van der Waals surface area contributed by atoms with Crippen LogP contribution in [0.5, 0.6) is 5.75 Å². The fourth-order valence-electron chi connectivity index (χ4n) is 4.72. The quantitative estimate of drug-likeness (QED) is 0.366. The van der Waals surface area contributed by atoms with Crippen LogP contribution in [0, 0.1) is 0 Å². The van der Waals surface area contributed by atoms with Crippen LogP contribution in [0.2, 0.25) is 0 Å². The number of aromatic nitrogens is 1. The molecule has 5 rings (SSSR count). The molecule has 1 fully saturated rings. The summed E-state index contributed by atoms with van der Waals surface area (Å²) in [5, 5.41) is 3.17. The molecule has 1 saturated heterocycles. The number of amides is 1. The fraction of sp³-hybridized carbons (Fsp3) is 0.241. The van der Waals surface area contributed by atoms with Gasteiger partial charge < -0.3 is 14.5 Å². The van der Waals surface area contributed by atoms with Gasteiger partial charge in [0.1, 0.15) is 5.75 Å². The molecule has 0 radical (unpaired) electrons. The number of hydrogen-bond acceptors (Lipinski definition) is 5. The molecule has 1 N–H and O–H groups in total. The zero-order valence-corrected chi connectivity index (χ0v) is 19.8. The maximum absolute atomic E-state index is 13.4. The number of nitrogens with one attached hydrogen (secondary N) is 1. The average molecular weight is 468 g/mol. The Labute approximate surface area is 205 Å². The highest BCUT2D eigenvalue weighted by Gasteiger charge is 2.27. The molecule has 0 spiro atoms. The molecule has 178 valence electrons. The summed E-state index contributed by atoms with van der Waals surface area (Å²) in [6.45, 7) is 2.50. The summed E-state index contributed by atoms with van der Waals surface area (Å²) in [5.74, 6) is 1.78. The molecule has 0 saturated carbocycles. The molecule has 3 aromatic carbocycles. The number of likely N-dealkylation sites (tertiary alicyclic amines) is 1. The summed E-state index contributed by atoms with van der Waals surface area (Å²) in [6.07, 6.45) is 4.02. The third-order valence-corrected chi connectivity index (χ3v) is 6.50. The molecule has 0 aliphatic carbocycles. The molecule has 0 unspecified atom stereocenters. The van der Waals surface area contributed by atoms with Crippen LogP contribution in [0.15, 0.2) is 89.5 Å². The minimum absolute atomic E-state index is 0.0381. The van der Waals surface area contributed by atoms with Gasteiger partial charge in [-0.15, -0.1) is 0 Å². The number of hydrogen-bond donors (Lipinski definition) is 1. The number of carbonyl (C=O) groups excluding carboxylic acids is 1. The lowest BCUT2D eigenvalue weighted by atomic mass is 10.0. The third kappa shape index (κ3) is 4.98. The van der Waals surface area contributed by atoms with Crippen LogP contribution in [-0.2, 0) is 0 Å². The first-order valence-electron chi connectivity index (χ1n) is 12.0. The molecular formula is C29H29N3O3. The largest absolute Gasteiger partial charge is 0.496 e. The van der Waals surface area contributed by atoms with Crippen molar-refractivity contribution in [2.24, 2.45) is 0 Å². The number of methoxy groups -OCH3 is 1. The van der Waals surface area contributed by atoms with E-state index < -0.39 is 0 Å². The van der Waals surface area contributed by atoms with E-state index in [0.717, 1.165) is 42.8 Å². The van der Waals surface area contributed by atoms with Crippen LogP contribution >= 0.6 is 0 Å². The number of para-hydroxylation sites is 1. The van der Waals surface area contributed by atoms with E-state index in [2.05, 4.69) is 21.3 Å². The lowest BCUT2D eigenvalue weighted by Crippen LogP contribution is -2.37. The normalized spacial score (nSPS) is 14.5. The molecule has 6 nitrogen and oxygen atoms in total. The van der Waals surface area contributed by atoms with Crippen LogP contribution in [0.1, 0.15) is 34.8 Å². The highest BCUT2D eigenvalue weighted by molar-refractivity contribution is 6.00. The predicted molar refractivity (Wildman–Crippen MR) is 136 cm³/mol. The average Bonchev–Trinajstić information content (AvgIpc) is 3.63. The summed E-state index contributed by atoms with van der Waals surface area (Å²) in [4.78, 5) is 20.3. The van der Waals surface area contributed by atoms with Gasteiger partial charge in [0, 0.05) is 23.2 Å². The Morgan fingerprint density at radius 1 is 1.00 bits per heavy atom. The second kappa shape index (κ2) is 10.6. The summed E-state index contributed by atoms with van der Waals surface area (Å²) >= 11 is 0. The van der Waals surface area contributed by atoms with Crippen molar-refractivity contribution in [1.82, 2.24) is 15.2 Å². The highest BCUT2D eigenvalue weighted by Crippen LogP contribution is 2.32.